The fourth-order valence-electron chi connectivity index (χ4n) is 1.02. The van der Waals surface area contributed by atoms with Crippen molar-refractivity contribution in [2.45, 2.75) is 6.18 Å². The average molecular weight is 263 g/mol. The van der Waals surface area contributed by atoms with Gasteiger partial charge in [0.25, 0.3) is 0 Å². The molecule has 0 aliphatic heterocycles. The third-order valence-corrected chi connectivity index (χ3v) is 1.71. The molecule has 1 heterocycles. The van der Waals surface area contributed by atoms with E-state index in [1.54, 1.807) is 5.32 Å². The second-order valence-corrected chi connectivity index (χ2v) is 3.13. The van der Waals surface area contributed by atoms with Crippen molar-refractivity contribution in [3.05, 3.63) is 24.0 Å². The number of aromatic nitrogens is 1. The maximum Gasteiger partial charge on any atom is 0.405 e. The van der Waals surface area contributed by atoms with Gasteiger partial charge in [0, 0.05) is 6.20 Å². The second-order valence-electron chi connectivity index (χ2n) is 3.13. The van der Waals surface area contributed by atoms with Crippen LogP contribution < -0.4 is 10.6 Å². The first-order chi connectivity index (χ1) is 8.29. The summed E-state index contributed by atoms with van der Waals surface area (Å²) in [6, 6.07) is 1.39. The molecule has 0 radical (unpaired) electrons. The van der Waals surface area contributed by atoms with E-state index < -0.39 is 30.4 Å². The largest absolute Gasteiger partial charge is 0.476 e. The molecule has 9 heteroatoms. The van der Waals surface area contributed by atoms with E-state index in [1.807, 2.05) is 5.32 Å². The molecule has 1 aromatic rings. The molecule has 0 atom stereocenters. The molecule has 0 bridgehead atoms. The Bertz CT molecular complexity index is 462. The van der Waals surface area contributed by atoms with Crippen LogP contribution in [0.15, 0.2) is 18.3 Å². The molecule has 1 rings (SSSR count). The summed E-state index contributed by atoms with van der Waals surface area (Å²) in [4.78, 5) is 25.3. The van der Waals surface area contributed by atoms with E-state index in [0.29, 0.717) is 0 Å². The summed E-state index contributed by atoms with van der Waals surface area (Å²) in [5, 5.41) is 12.2. The molecule has 0 aliphatic rings. The summed E-state index contributed by atoms with van der Waals surface area (Å²) in [6.07, 6.45) is -3.36. The molecule has 0 aromatic carbocycles. The molecule has 18 heavy (non-hydrogen) atoms. The van der Waals surface area contributed by atoms with Gasteiger partial charge in [-0.25, -0.2) is 14.6 Å². The van der Waals surface area contributed by atoms with Crippen molar-refractivity contribution in [1.29, 1.82) is 0 Å². The minimum absolute atomic E-state index is 0.190. The number of amides is 2. The summed E-state index contributed by atoms with van der Waals surface area (Å²) in [7, 11) is 0. The van der Waals surface area contributed by atoms with Gasteiger partial charge < -0.3 is 15.7 Å². The highest BCUT2D eigenvalue weighted by Gasteiger charge is 2.27. The fraction of sp³-hybridized carbons (Fsp3) is 0.222. The lowest BCUT2D eigenvalue weighted by Gasteiger charge is -2.10. The van der Waals surface area contributed by atoms with Gasteiger partial charge >= 0.3 is 18.2 Å². The molecule has 0 saturated heterocycles. The maximum atomic E-state index is 11.8. The number of urea groups is 1. The van der Waals surface area contributed by atoms with Crippen LogP contribution in [0.25, 0.3) is 0 Å². The quantitative estimate of drug-likeness (QED) is 0.770. The van der Waals surface area contributed by atoms with Gasteiger partial charge in [-0.05, 0) is 12.1 Å². The third kappa shape index (κ3) is 4.28. The fourth-order valence-corrected chi connectivity index (χ4v) is 1.02. The van der Waals surface area contributed by atoms with Gasteiger partial charge in [0.1, 0.15) is 6.54 Å². The first-order valence-corrected chi connectivity index (χ1v) is 4.59. The van der Waals surface area contributed by atoms with Crippen LogP contribution >= 0.6 is 0 Å². The van der Waals surface area contributed by atoms with Crippen molar-refractivity contribution in [2.75, 3.05) is 11.9 Å². The number of hydrogen-bond acceptors (Lipinski definition) is 3. The summed E-state index contributed by atoms with van der Waals surface area (Å²) in [5.41, 5.74) is -0.649. The third-order valence-electron chi connectivity index (χ3n) is 1.71. The van der Waals surface area contributed by atoms with Crippen LogP contribution in [0, 0.1) is 0 Å². The number of rotatable bonds is 3. The number of alkyl halides is 3. The Hall–Kier alpha value is -2.32. The lowest BCUT2D eigenvalue weighted by molar-refractivity contribution is -0.122. The minimum atomic E-state index is -4.54. The first kappa shape index (κ1) is 13.7. The Balaban J connectivity index is 2.68. The number of hydrogen-bond donors (Lipinski definition) is 3. The lowest BCUT2D eigenvalue weighted by atomic mass is 10.3. The molecule has 0 aliphatic carbocycles. The summed E-state index contributed by atoms with van der Waals surface area (Å²) in [5.74, 6) is -1.40. The topological polar surface area (TPSA) is 91.3 Å². The summed E-state index contributed by atoms with van der Waals surface area (Å²) in [6.45, 7) is -1.51. The van der Waals surface area contributed by atoms with Crippen molar-refractivity contribution in [1.82, 2.24) is 10.3 Å². The van der Waals surface area contributed by atoms with Crippen LogP contribution in [0.5, 0.6) is 0 Å². The predicted octanol–water partition coefficient (Wildman–Crippen LogP) is 1.46. The van der Waals surface area contributed by atoms with Crippen molar-refractivity contribution in [3.63, 3.8) is 0 Å². The minimum Gasteiger partial charge on any atom is -0.476 e. The van der Waals surface area contributed by atoms with Gasteiger partial charge in [-0.1, -0.05) is 0 Å². The molecular weight excluding hydrogens is 255 g/mol. The highest BCUT2D eigenvalue weighted by molar-refractivity contribution is 5.98. The van der Waals surface area contributed by atoms with E-state index in [-0.39, 0.29) is 5.69 Å². The van der Waals surface area contributed by atoms with Crippen molar-refractivity contribution in [3.8, 4) is 0 Å². The number of anilines is 1. The number of aromatic carboxylic acids is 1. The Morgan fingerprint density at radius 2 is 2.06 bits per heavy atom. The molecular formula is C9H8F3N3O3. The molecule has 98 valence electrons. The number of carbonyl (C=O) groups is 2. The second kappa shape index (κ2) is 5.34. The standard InChI is InChI=1S/C9H8F3N3O3/c10-9(11,12)4-14-8(18)15-5-2-1-3-13-6(5)7(16)17/h1-3H,4H2,(H,16,17)(H2,14,15,18). The molecule has 1 aromatic heterocycles. The molecule has 2 amide bonds. The normalized spacial score (nSPS) is 10.8. The van der Waals surface area contributed by atoms with Crippen LogP contribution in [0.2, 0.25) is 0 Å². The monoisotopic (exact) mass is 263 g/mol. The highest BCUT2D eigenvalue weighted by atomic mass is 19.4. The summed E-state index contributed by atoms with van der Waals surface area (Å²) >= 11 is 0. The first-order valence-electron chi connectivity index (χ1n) is 4.59. The zero-order valence-corrected chi connectivity index (χ0v) is 8.78. The zero-order chi connectivity index (χ0) is 13.8. The van der Waals surface area contributed by atoms with Crippen molar-refractivity contribution < 1.29 is 27.9 Å². The van der Waals surface area contributed by atoms with Crippen LogP contribution in [0.3, 0.4) is 0 Å². The van der Waals surface area contributed by atoms with Gasteiger partial charge in [0.2, 0.25) is 0 Å². The van der Waals surface area contributed by atoms with E-state index >= 15 is 0 Å². The number of carbonyl (C=O) groups excluding carboxylic acids is 1. The van der Waals surface area contributed by atoms with Gasteiger partial charge in [-0.15, -0.1) is 0 Å². The van der Waals surface area contributed by atoms with Crippen LogP contribution in [0.4, 0.5) is 23.7 Å². The van der Waals surface area contributed by atoms with E-state index in [0.717, 1.165) is 0 Å². The molecule has 0 unspecified atom stereocenters. The molecule has 0 saturated carbocycles. The number of carboxylic acids is 1. The van der Waals surface area contributed by atoms with Crippen LogP contribution in [-0.4, -0.2) is 34.8 Å². The Morgan fingerprint density at radius 1 is 1.39 bits per heavy atom. The van der Waals surface area contributed by atoms with E-state index in [9.17, 15) is 22.8 Å². The van der Waals surface area contributed by atoms with Gasteiger partial charge in [0.05, 0.1) is 5.69 Å². The van der Waals surface area contributed by atoms with E-state index in [1.165, 1.54) is 18.3 Å². The number of nitrogens with zero attached hydrogens (tertiary/aromatic N) is 1. The lowest BCUT2D eigenvalue weighted by Crippen LogP contribution is -2.37. The van der Waals surface area contributed by atoms with E-state index in [2.05, 4.69) is 4.98 Å². The highest BCUT2D eigenvalue weighted by Crippen LogP contribution is 2.14. The maximum absolute atomic E-state index is 11.8. The van der Waals surface area contributed by atoms with Gasteiger partial charge in [-0.2, -0.15) is 13.2 Å². The molecule has 6 nitrogen and oxygen atoms in total. The number of carboxylic acid groups (broad SMARTS) is 1. The Labute approximate surface area is 98.8 Å². The van der Waals surface area contributed by atoms with Gasteiger partial charge in [0.15, 0.2) is 5.69 Å². The number of pyridine rings is 1. The Morgan fingerprint density at radius 3 is 2.61 bits per heavy atom. The number of halogens is 3. The smallest absolute Gasteiger partial charge is 0.405 e. The Kier molecular flexibility index (Phi) is 4.08. The number of nitrogens with one attached hydrogen (secondary N) is 2. The predicted molar refractivity (Wildman–Crippen MR) is 54.3 cm³/mol. The zero-order valence-electron chi connectivity index (χ0n) is 8.78. The van der Waals surface area contributed by atoms with Crippen molar-refractivity contribution >= 4 is 17.7 Å². The van der Waals surface area contributed by atoms with Crippen LogP contribution in [-0.2, 0) is 0 Å². The van der Waals surface area contributed by atoms with Crippen molar-refractivity contribution in [2.24, 2.45) is 0 Å². The SMILES string of the molecule is O=C(NCC(F)(F)F)Nc1cccnc1C(=O)O. The van der Waals surface area contributed by atoms with Gasteiger partial charge in [-0.3, -0.25) is 0 Å². The molecule has 0 spiro atoms. The van der Waals surface area contributed by atoms with E-state index in [4.69, 9.17) is 5.11 Å². The van der Waals surface area contributed by atoms with Crippen LogP contribution in [0.1, 0.15) is 10.5 Å². The molecule has 3 N–H and O–H groups in total. The average Bonchev–Trinajstić information content (AvgIpc) is 2.26. The summed E-state index contributed by atoms with van der Waals surface area (Å²) < 4.78 is 35.4. The molecule has 0 fully saturated rings.